The summed E-state index contributed by atoms with van der Waals surface area (Å²) < 4.78 is 27.2. The lowest BCUT2D eigenvalue weighted by atomic mass is 10.2. The molecule has 31 heavy (non-hydrogen) atoms. The molecule has 1 aromatic heterocycles. The molecule has 0 bridgehead atoms. The molecule has 0 aliphatic carbocycles. The first-order valence-corrected chi connectivity index (χ1v) is 10.9. The summed E-state index contributed by atoms with van der Waals surface area (Å²) in [6.45, 7) is 1.90. The largest absolute Gasteiger partial charge is 0.352 e. The molecule has 3 N–H and O–H groups in total. The van der Waals surface area contributed by atoms with Gasteiger partial charge >= 0.3 is 0 Å². The number of hydrogen-bond acceptors (Lipinski definition) is 6. The van der Waals surface area contributed by atoms with E-state index >= 15 is 0 Å². The molecule has 3 aromatic rings. The lowest BCUT2D eigenvalue weighted by Gasteiger charge is -2.09. The summed E-state index contributed by atoms with van der Waals surface area (Å²) in [6.07, 6.45) is 1.53. The predicted molar refractivity (Wildman–Crippen MR) is 116 cm³/mol. The van der Waals surface area contributed by atoms with E-state index in [1.54, 1.807) is 37.3 Å². The molecule has 10 heteroatoms. The monoisotopic (exact) mass is 439 g/mol. The van der Waals surface area contributed by atoms with Crippen LogP contribution in [0.25, 0.3) is 0 Å². The molecule has 0 unspecified atom stereocenters. The van der Waals surface area contributed by atoms with Crippen LogP contribution in [0, 0.1) is 6.92 Å². The third-order valence-corrected chi connectivity index (χ3v) is 5.49. The first kappa shape index (κ1) is 21.9. The van der Waals surface area contributed by atoms with Gasteiger partial charge in [0.1, 0.15) is 0 Å². The fourth-order valence-corrected chi connectivity index (χ4v) is 3.55. The second-order valence-corrected chi connectivity index (χ2v) is 8.25. The number of carbonyl (C=O) groups is 2. The maximum absolute atomic E-state index is 12.4. The smallest absolute Gasteiger partial charge is 0.264 e. The summed E-state index contributed by atoms with van der Waals surface area (Å²) in [4.78, 5) is 31.9. The van der Waals surface area contributed by atoms with E-state index in [1.807, 2.05) is 6.07 Å². The third kappa shape index (κ3) is 6.34. The molecule has 2 aromatic carbocycles. The molecule has 3 rings (SSSR count). The summed E-state index contributed by atoms with van der Waals surface area (Å²) in [7, 11) is -3.86. The van der Waals surface area contributed by atoms with Crippen molar-refractivity contribution >= 4 is 33.5 Å². The Hall–Kier alpha value is -3.79. The lowest BCUT2D eigenvalue weighted by Crippen LogP contribution is -2.27. The fraction of sp³-hybridized carbons (Fsp3) is 0.143. The molecule has 9 nitrogen and oxygen atoms in total. The zero-order valence-electron chi connectivity index (χ0n) is 16.7. The van der Waals surface area contributed by atoms with E-state index in [2.05, 4.69) is 25.3 Å². The Kier molecular flexibility index (Phi) is 6.93. The Morgan fingerprint density at radius 3 is 2.35 bits per heavy atom. The molecule has 0 spiro atoms. The average Bonchev–Trinajstić information content (AvgIpc) is 2.74. The van der Waals surface area contributed by atoms with Crippen molar-refractivity contribution in [3.05, 3.63) is 78.1 Å². The van der Waals surface area contributed by atoms with Crippen molar-refractivity contribution in [2.24, 2.45) is 0 Å². The maximum atomic E-state index is 12.4. The number of anilines is 2. The van der Waals surface area contributed by atoms with Crippen LogP contribution in [0.5, 0.6) is 0 Å². The van der Waals surface area contributed by atoms with E-state index in [-0.39, 0.29) is 35.6 Å². The fourth-order valence-electron chi connectivity index (χ4n) is 2.60. The molecule has 0 aliphatic heterocycles. The van der Waals surface area contributed by atoms with Gasteiger partial charge in [0.25, 0.3) is 15.9 Å². The van der Waals surface area contributed by atoms with Crippen molar-refractivity contribution in [2.45, 2.75) is 18.2 Å². The van der Waals surface area contributed by atoms with Gasteiger partial charge in [-0.25, -0.2) is 23.1 Å². The molecule has 0 aliphatic rings. The molecular weight excluding hydrogens is 418 g/mol. The van der Waals surface area contributed by atoms with Gasteiger partial charge in [-0.2, -0.15) is 0 Å². The van der Waals surface area contributed by atoms with Crippen molar-refractivity contribution in [1.29, 1.82) is 0 Å². The Balaban J connectivity index is 1.51. The van der Waals surface area contributed by atoms with E-state index in [9.17, 15) is 18.0 Å². The van der Waals surface area contributed by atoms with Crippen molar-refractivity contribution in [3.8, 4) is 0 Å². The predicted octanol–water partition coefficient (Wildman–Crippen LogP) is 2.34. The van der Waals surface area contributed by atoms with Gasteiger partial charge in [-0.05, 0) is 49.4 Å². The van der Waals surface area contributed by atoms with E-state index in [0.29, 0.717) is 16.9 Å². The van der Waals surface area contributed by atoms with Crippen LogP contribution >= 0.6 is 0 Å². The topological polar surface area (TPSA) is 130 Å². The van der Waals surface area contributed by atoms with E-state index < -0.39 is 10.0 Å². The minimum atomic E-state index is -3.86. The normalized spacial score (nSPS) is 10.9. The molecule has 0 saturated carbocycles. The highest BCUT2D eigenvalue weighted by atomic mass is 32.2. The number of sulfonamides is 1. The SMILES string of the molecule is Cc1ccnc(NS(=O)(=O)c2ccc(NC(=O)CCNC(=O)c3ccccc3)cc2)n1. The van der Waals surface area contributed by atoms with Gasteiger partial charge in [0.15, 0.2) is 0 Å². The van der Waals surface area contributed by atoms with E-state index in [4.69, 9.17) is 0 Å². The van der Waals surface area contributed by atoms with Gasteiger partial charge in [0, 0.05) is 36.1 Å². The molecule has 0 atom stereocenters. The third-order valence-electron chi connectivity index (χ3n) is 4.14. The number of amides is 2. The van der Waals surface area contributed by atoms with Gasteiger partial charge in [-0.3, -0.25) is 9.59 Å². The highest BCUT2D eigenvalue weighted by molar-refractivity contribution is 7.92. The number of aryl methyl sites for hydroxylation is 1. The van der Waals surface area contributed by atoms with Crippen LogP contribution < -0.4 is 15.4 Å². The Labute approximate surface area is 180 Å². The number of carbonyl (C=O) groups excluding carboxylic acids is 2. The van der Waals surface area contributed by atoms with Crippen LogP contribution in [0.2, 0.25) is 0 Å². The Morgan fingerprint density at radius 1 is 0.968 bits per heavy atom. The van der Waals surface area contributed by atoms with E-state index in [0.717, 1.165) is 0 Å². The summed E-state index contributed by atoms with van der Waals surface area (Å²) in [5, 5.41) is 5.33. The zero-order valence-corrected chi connectivity index (χ0v) is 17.5. The molecule has 160 valence electrons. The number of benzene rings is 2. The first-order valence-electron chi connectivity index (χ1n) is 9.39. The van der Waals surface area contributed by atoms with Crippen molar-refractivity contribution in [2.75, 3.05) is 16.6 Å². The highest BCUT2D eigenvalue weighted by Gasteiger charge is 2.16. The minimum absolute atomic E-state index is 0.00531. The minimum Gasteiger partial charge on any atom is -0.352 e. The average molecular weight is 439 g/mol. The summed E-state index contributed by atoms with van der Waals surface area (Å²) in [6, 6.07) is 16.0. The van der Waals surface area contributed by atoms with Crippen LogP contribution in [-0.4, -0.2) is 36.7 Å². The highest BCUT2D eigenvalue weighted by Crippen LogP contribution is 2.16. The maximum Gasteiger partial charge on any atom is 0.264 e. The van der Waals surface area contributed by atoms with Crippen LogP contribution in [0.1, 0.15) is 22.5 Å². The number of hydrogen-bond donors (Lipinski definition) is 3. The number of rotatable bonds is 8. The van der Waals surface area contributed by atoms with Crippen LogP contribution in [0.4, 0.5) is 11.6 Å². The molecular formula is C21H21N5O4S. The molecule has 0 saturated heterocycles. The Bertz CT molecular complexity index is 1170. The quantitative estimate of drug-likeness (QED) is 0.494. The number of nitrogens with one attached hydrogen (secondary N) is 3. The first-order chi connectivity index (χ1) is 14.8. The van der Waals surface area contributed by atoms with Gasteiger partial charge < -0.3 is 10.6 Å². The van der Waals surface area contributed by atoms with Crippen molar-refractivity contribution < 1.29 is 18.0 Å². The van der Waals surface area contributed by atoms with Gasteiger partial charge in [0.05, 0.1) is 4.90 Å². The van der Waals surface area contributed by atoms with Crippen LogP contribution in [0.3, 0.4) is 0 Å². The lowest BCUT2D eigenvalue weighted by molar-refractivity contribution is -0.116. The molecule has 0 fully saturated rings. The molecule has 0 radical (unpaired) electrons. The standard InChI is InChI=1S/C21H21N5O4S/c1-15-11-13-23-21(24-15)26-31(29,30)18-9-7-17(8-10-18)25-19(27)12-14-22-20(28)16-5-3-2-4-6-16/h2-11,13H,12,14H2,1H3,(H,22,28)(H,25,27)(H,23,24,26). The van der Waals surface area contributed by atoms with Gasteiger partial charge in [-0.15, -0.1) is 0 Å². The zero-order chi connectivity index (χ0) is 22.3. The molecule has 2 amide bonds. The number of aromatic nitrogens is 2. The second kappa shape index (κ2) is 9.81. The summed E-state index contributed by atoms with van der Waals surface area (Å²) in [5.74, 6) is -0.585. The summed E-state index contributed by atoms with van der Waals surface area (Å²) >= 11 is 0. The van der Waals surface area contributed by atoms with Crippen molar-refractivity contribution in [1.82, 2.24) is 15.3 Å². The van der Waals surface area contributed by atoms with Gasteiger partial charge in [-0.1, -0.05) is 18.2 Å². The summed E-state index contributed by atoms with van der Waals surface area (Å²) in [5.41, 5.74) is 1.58. The number of nitrogens with zero attached hydrogens (tertiary/aromatic N) is 2. The second-order valence-electron chi connectivity index (χ2n) is 6.57. The van der Waals surface area contributed by atoms with E-state index in [1.165, 1.54) is 30.5 Å². The van der Waals surface area contributed by atoms with Crippen LogP contribution in [-0.2, 0) is 14.8 Å². The van der Waals surface area contributed by atoms with Gasteiger partial charge in [0.2, 0.25) is 11.9 Å². The Morgan fingerprint density at radius 2 is 1.68 bits per heavy atom. The van der Waals surface area contributed by atoms with Crippen LogP contribution in [0.15, 0.2) is 71.8 Å². The molecule has 1 heterocycles. The van der Waals surface area contributed by atoms with Crippen molar-refractivity contribution in [3.63, 3.8) is 0 Å².